The maximum atomic E-state index is 9.61. The summed E-state index contributed by atoms with van der Waals surface area (Å²) in [6.45, 7) is 4.20. The molecule has 0 radical (unpaired) electrons. The maximum absolute atomic E-state index is 9.61. The quantitative estimate of drug-likeness (QED) is 0.666. The van der Waals surface area contributed by atoms with E-state index in [0.29, 0.717) is 13.0 Å². The fourth-order valence-electron chi connectivity index (χ4n) is 2.17. The van der Waals surface area contributed by atoms with E-state index < -0.39 is 0 Å². The highest BCUT2D eigenvalue weighted by Crippen LogP contribution is 2.18. The van der Waals surface area contributed by atoms with Crippen molar-refractivity contribution in [3.63, 3.8) is 0 Å². The minimum atomic E-state index is -0.273. The molecule has 1 unspecified atom stereocenters. The lowest BCUT2D eigenvalue weighted by molar-refractivity contribution is 0.0579. The minimum Gasteiger partial charge on any atom is -0.392 e. The van der Waals surface area contributed by atoms with Crippen LogP contribution in [0.4, 0.5) is 0 Å². The first kappa shape index (κ1) is 13.9. The van der Waals surface area contributed by atoms with E-state index in [4.69, 9.17) is 10.5 Å². The molecule has 3 N–H and O–H groups in total. The van der Waals surface area contributed by atoms with E-state index in [0.717, 1.165) is 32.2 Å². The zero-order valence-corrected chi connectivity index (χ0v) is 10.4. The molecule has 1 atom stereocenters. The molecule has 0 aliphatic carbocycles. The molecule has 1 heterocycles. The van der Waals surface area contributed by atoms with Gasteiger partial charge in [0.05, 0.1) is 6.10 Å². The highest BCUT2D eigenvalue weighted by atomic mass is 16.5. The Hall–Kier alpha value is -0.160. The predicted molar refractivity (Wildman–Crippen MR) is 65.3 cm³/mol. The molecular weight excluding hydrogens is 204 g/mol. The third kappa shape index (κ3) is 5.80. The standard InChI is InChI=1S/C12H26N2O2/c1-14(10-12(15)2-6-13)7-3-11-4-8-16-9-5-11/h11-12,15H,2-10,13H2,1H3. The van der Waals surface area contributed by atoms with Crippen LogP contribution in [0, 0.1) is 5.92 Å². The summed E-state index contributed by atoms with van der Waals surface area (Å²) in [5.74, 6) is 0.808. The van der Waals surface area contributed by atoms with Crippen molar-refractivity contribution in [3.8, 4) is 0 Å². The van der Waals surface area contributed by atoms with Gasteiger partial charge in [-0.1, -0.05) is 0 Å². The topological polar surface area (TPSA) is 58.7 Å². The number of rotatable bonds is 7. The lowest BCUT2D eigenvalue weighted by atomic mass is 9.96. The Kier molecular flexibility index (Phi) is 6.96. The SMILES string of the molecule is CN(CCC1CCOCC1)CC(O)CCN. The number of aliphatic hydroxyl groups excluding tert-OH is 1. The van der Waals surface area contributed by atoms with Crippen LogP contribution < -0.4 is 5.73 Å². The molecule has 1 fully saturated rings. The summed E-state index contributed by atoms with van der Waals surface area (Å²) >= 11 is 0. The number of nitrogens with zero attached hydrogens (tertiary/aromatic N) is 1. The summed E-state index contributed by atoms with van der Waals surface area (Å²) < 4.78 is 5.34. The predicted octanol–water partition coefficient (Wildman–Crippen LogP) is 0.445. The first-order chi connectivity index (χ1) is 7.72. The molecule has 0 spiro atoms. The molecule has 1 aliphatic rings. The fraction of sp³-hybridized carbons (Fsp3) is 1.00. The van der Waals surface area contributed by atoms with E-state index >= 15 is 0 Å². The van der Waals surface area contributed by atoms with Gasteiger partial charge in [0, 0.05) is 19.8 Å². The van der Waals surface area contributed by atoms with Gasteiger partial charge in [0.25, 0.3) is 0 Å². The van der Waals surface area contributed by atoms with Crippen molar-refractivity contribution in [2.45, 2.75) is 31.8 Å². The number of ether oxygens (including phenoxy) is 1. The van der Waals surface area contributed by atoms with Gasteiger partial charge in [-0.15, -0.1) is 0 Å². The van der Waals surface area contributed by atoms with Crippen LogP contribution in [0.1, 0.15) is 25.7 Å². The zero-order valence-electron chi connectivity index (χ0n) is 10.4. The second-order valence-corrected chi connectivity index (χ2v) is 4.84. The first-order valence-corrected chi connectivity index (χ1v) is 6.36. The van der Waals surface area contributed by atoms with Gasteiger partial charge in [0.15, 0.2) is 0 Å². The summed E-state index contributed by atoms with van der Waals surface area (Å²) in [6.07, 6.45) is 4.03. The van der Waals surface area contributed by atoms with Crippen molar-refractivity contribution in [3.05, 3.63) is 0 Å². The highest BCUT2D eigenvalue weighted by molar-refractivity contribution is 4.67. The van der Waals surface area contributed by atoms with E-state index in [2.05, 4.69) is 11.9 Å². The third-order valence-corrected chi connectivity index (χ3v) is 3.28. The highest BCUT2D eigenvalue weighted by Gasteiger charge is 2.15. The van der Waals surface area contributed by atoms with Crippen molar-refractivity contribution in [2.24, 2.45) is 11.7 Å². The van der Waals surface area contributed by atoms with Gasteiger partial charge in [-0.2, -0.15) is 0 Å². The van der Waals surface area contributed by atoms with Crippen molar-refractivity contribution in [1.29, 1.82) is 0 Å². The molecule has 0 saturated carbocycles. The molecule has 0 aromatic rings. The number of hydrogen-bond donors (Lipinski definition) is 2. The number of hydrogen-bond acceptors (Lipinski definition) is 4. The first-order valence-electron chi connectivity index (χ1n) is 6.36. The van der Waals surface area contributed by atoms with Crippen LogP contribution in [-0.2, 0) is 4.74 Å². The van der Waals surface area contributed by atoms with Gasteiger partial charge < -0.3 is 20.5 Å². The smallest absolute Gasteiger partial charge is 0.0679 e. The summed E-state index contributed by atoms with van der Waals surface area (Å²) in [4.78, 5) is 2.20. The molecule has 96 valence electrons. The summed E-state index contributed by atoms with van der Waals surface area (Å²) in [6, 6.07) is 0. The van der Waals surface area contributed by atoms with E-state index in [1.54, 1.807) is 0 Å². The summed E-state index contributed by atoms with van der Waals surface area (Å²) in [5.41, 5.74) is 5.40. The van der Waals surface area contributed by atoms with Gasteiger partial charge in [0.2, 0.25) is 0 Å². The van der Waals surface area contributed by atoms with Crippen molar-refractivity contribution < 1.29 is 9.84 Å². The Labute approximate surface area is 98.8 Å². The average Bonchev–Trinajstić information content (AvgIpc) is 2.28. The number of likely N-dealkylation sites (N-methyl/N-ethyl adjacent to an activating group) is 1. The van der Waals surface area contributed by atoms with E-state index in [1.807, 2.05) is 0 Å². The molecule has 0 amide bonds. The largest absolute Gasteiger partial charge is 0.392 e. The Morgan fingerprint density at radius 1 is 1.44 bits per heavy atom. The molecule has 4 heteroatoms. The minimum absolute atomic E-state index is 0.273. The Morgan fingerprint density at radius 3 is 2.75 bits per heavy atom. The molecule has 4 nitrogen and oxygen atoms in total. The number of aliphatic hydroxyl groups is 1. The molecular formula is C12H26N2O2. The van der Waals surface area contributed by atoms with Gasteiger partial charge in [-0.25, -0.2) is 0 Å². The molecule has 0 bridgehead atoms. The molecule has 0 aromatic heterocycles. The lowest BCUT2D eigenvalue weighted by Crippen LogP contribution is -2.32. The van der Waals surface area contributed by atoms with Crippen LogP contribution in [0.2, 0.25) is 0 Å². The molecule has 1 rings (SSSR count). The van der Waals surface area contributed by atoms with Crippen LogP contribution in [-0.4, -0.2) is 56.0 Å². The van der Waals surface area contributed by atoms with E-state index in [-0.39, 0.29) is 6.10 Å². The molecule has 1 aliphatic heterocycles. The van der Waals surface area contributed by atoms with Gasteiger partial charge in [-0.05, 0) is 51.7 Å². The maximum Gasteiger partial charge on any atom is 0.0679 e. The van der Waals surface area contributed by atoms with Gasteiger partial charge in [0.1, 0.15) is 0 Å². The lowest BCUT2D eigenvalue weighted by Gasteiger charge is -2.25. The average molecular weight is 230 g/mol. The Balaban J connectivity index is 2.06. The zero-order chi connectivity index (χ0) is 11.8. The Morgan fingerprint density at radius 2 is 2.12 bits per heavy atom. The van der Waals surface area contributed by atoms with Gasteiger partial charge >= 0.3 is 0 Å². The Bertz CT molecular complexity index is 172. The van der Waals surface area contributed by atoms with Crippen LogP contribution in [0.5, 0.6) is 0 Å². The monoisotopic (exact) mass is 230 g/mol. The van der Waals surface area contributed by atoms with Gasteiger partial charge in [-0.3, -0.25) is 0 Å². The molecule has 1 saturated heterocycles. The second-order valence-electron chi connectivity index (χ2n) is 4.84. The second kappa shape index (κ2) is 8.01. The van der Waals surface area contributed by atoms with Crippen LogP contribution in [0.3, 0.4) is 0 Å². The third-order valence-electron chi connectivity index (χ3n) is 3.28. The van der Waals surface area contributed by atoms with Crippen LogP contribution in [0.15, 0.2) is 0 Å². The number of nitrogens with two attached hydrogens (primary N) is 1. The van der Waals surface area contributed by atoms with Crippen LogP contribution >= 0.6 is 0 Å². The summed E-state index contributed by atoms with van der Waals surface area (Å²) in [7, 11) is 2.07. The fourth-order valence-corrected chi connectivity index (χ4v) is 2.17. The van der Waals surface area contributed by atoms with Crippen molar-refractivity contribution in [1.82, 2.24) is 4.90 Å². The van der Waals surface area contributed by atoms with E-state index in [1.165, 1.54) is 19.3 Å². The normalized spacial score (nSPS) is 20.2. The van der Waals surface area contributed by atoms with E-state index in [9.17, 15) is 5.11 Å². The van der Waals surface area contributed by atoms with Crippen molar-refractivity contribution >= 4 is 0 Å². The molecule has 16 heavy (non-hydrogen) atoms. The van der Waals surface area contributed by atoms with Crippen LogP contribution in [0.25, 0.3) is 0 Å². The summed E-state index contributed by atoms with van der Waals surface area (Å²) in [5, 5.41) is 9.61. The van der Waals surface area contributed by atoms with Crippen molar-refractivity contribution in [2.75, 3.05) is 39.9 Å². The molecule has 0 aromatic carbocycles.